The minimum atomic E-state index is -0.458. The topological polar surface area (TPSA) is 59.7 Å². The van der Waals surface area contributed by atoms with E-state index in [4.69, 9.17) is 9.15 Å². The summed E-state index contributed by atoms with van der Waals surface area (Å²) in [6.07, 6.45) is 16.7. The van der Waals surface area contributed by atoms with Gasteiger partial charge in [0, 0.05) is 5.41 Å². The molecule has 0 saturated heterocycles. The Morgan fingerprint density at radius 2 is 2.21 bits per heavy atom. The zero-order valence-electron chi connectivity index (χ0n) is 18.0. The van der Waals surface area contributed by atoms with Gasteiger partial charge in [0.05, 0.1) is 11.8 Å². The van der Waals surface area contributed by atoms with Crippen molar-refractivity contribution in [2.24, 2.45) is 5.92 Å². The SMILES string of the molecule is CC1=C(O)/C(=C/C(C)CCC/C(C)=C/C=C/[C@]2(C)CCCc3ccoc32)OC1=O. The van der Waals surface area contributed by atoms with Gasteiger partial charge in [-0.3, -0.25) is 0 Å². The number of carbonyl (C=O) groups is 1. The van der Waals surface area contributed by atoms with E-state index in [2.05, 4.69) is 45.1 Å². The number of hydrogen-bond donors (Lipinski definition) is 1. The van der Waals surface area contributed by atoms with E-state index >= 15 is 0 Å². The molecule has 4 nitrogen and oxygen atoms in total. The molecule has 1 aliphatic carbocycles. The number of aliphatic hydroxyl groups excluding tert-OH is 1. The first-order valence-corrected chi connectivity index (χ1v) is 10.6. The van der Waals surface area contributed by atoms with Crippen LogP contribution in [0.3, 0.4) is 0 Å². The summed E-state index contributed by atoms with van der Waals surface area (Å²) in [6, 6.07) is 2.10. The zero-order chi connectivity index (χ0) is 21.0. The van der Waals surface area contributed by atoms with Gasteiger partial charge in [0.1, 0.15) is 5.76 Å². The van der Waals surface area contributed by atoms with E-state index < -0.39 is 5.97 Å². The summed E-state index contributed by atoms with van der Waals surface area (Å²) < 4.78 is 10.9. The predicted octanol–water partition coefficient (Wildman–Crippen LogP) is 6.46. The maximum Gasteiger partial charge on any atom is 0.343 e. The first kappa shape index (κ1) is 21.2. The fraction of sp³-hybridized carbons (Fsp3) is 0.480. The van der Waals surface area contributed by atoms with Crippen LogP contribution in [0, 0.1) is 5.92 Å². The smallest absolute Gasteiger partial charge is 0.343 e. The fourth-order valence-corrected chi connectivity index (χ4v) is 4.12. The van der Waals surface area contributed by atoms with Crippen LogP contribution in [0.15, 0.2) is 63.7 Å². The van der Waals surface area contributed by atoms with Crippen LogP contribution in [0.25, 0.3) is 0 Å². The maximum absolute atomic E-state index is 11.5. The van der Waals surface area contributed by atoms with E-state index in [1.165, 1.54) is 17.6 Å². The fourth-order valence-electron chi connectivity index (χ4n) is 4.12. The normalized spacial score (nSPS) is 25.0. The summed E-state index contributed by atoms with van der Waals surface area (Å²) in [5.41, 5.74) is 2.95. The molecule has 1 N–H and O–H groups in total. The van der Waals surface area contributed by atoms with Crippen LogP contribution in [0.2, 0.25) is 0 Å². The van der Waals surface area contributed by atoms with Crippen LogP contribution in [-0.2, 0) is 21.4 Å². The van der Waals surface area contributed by atoms with Crippen LogP contribution >= 0.6 is 0 Å². The summed E-state index contributed by atoms with van der Waals surface area (Å²) in [6.45, 7) is 8.06. The Balaban J connectivity index is 1.49. The van der Waals surface area contributed by atoms with Gasteiger partial charge in [0.2, 0.25) is 0 Å². The predicted molar refractivity (Wildman–Crippen MR) is 114 cm³/mol. The second-order valence-electron chi connectivity index (χ2n) is 8.68. The molecular formula is C25H32O4. The van der Waals surface area contributed by atoms with Gasteiger partial charge in [-0.05, 0) is 82.9 Å². The van der Waals surface area contributed by atoms with E-state index in [1.54, 1.807) is 6.92 Å². The number of aryl methyl sites for hydroxylation is 1. The van der Waals surface area contributed by atoms with E-state index in [1.807, 2.05) is 12.3 Å². The highest BCUT2D eigenvalue weighted by Gasteiger charge is 2.32. The third kappa shape index (κ3) is 4.92. The van der Waals surface area contributed by atoms with Crippen LogP contribution in [0.1, 0.15) is 71.1 Å². The van der Waals surface area contributed by atoms with Crippen molar-refractivity contribution in [3.05, 3.63) is 70.6 Å². The number of fused-ring (bicyclic) bond motifs is 1. The molecule has 1 aromatic rings. The lowest BCUT2D eigenvalue weighted by Crippen LogP contribution is -2.23. The summed E-state index contributed by atoms with van der Waals surface area (Å²) in [4.78, 5) is 11.5. The highest BCUT2D eigenvalue weighted by Crippen LogP contribution is 2.39. The number of furan rings is 1. The van der Waals surface area contributed by atoms with Gasteiger partial charge in [-0.1, -0.05) is 30.7 Å². The molecule has 0 saturated carbocycles. The van der Waals surface area contributed by atoms with E-state index in [9.17, 15) is 9.90 Å². The molecule has 156 valence electrons. The molecule has 2 heterocycles. The third-order valence-corrected chi connectivity index (χ3v) is 6.02. The average Bonchev–Trinajstić information content (AvgIpc) is 3.24. The number of allylic oxidation sites excluding steroid dienone is 5. The van der Waals surface area contributed by atoms with Crippen LogP contribution < -0.4 is 0 Å². The lowest BCUT2D eigenvalue weighted by Gasteiger charge is -2.29. The molecule has 0 spiro atoms. The number of rotatable bonds is 7. The van der Waals surface area contributed by atoms with Gasteiger partial charge < -0.3 is 14.3 Å². The molecule has 2 atom stereocenters. The molecule has 1 unspecified atom stereocenters. The number of esters is 1. The largest absolute Gasteiger partial charge is 0.504 e. The molecule has 0 amide bonds. The lowest BCUT2D eigenvalue weighted by molar-refractivity contribution is -0.133. The van der Waals surface area contributed by atoms with Gasteiger partial charge in [0.25, 0.3) is 0 Å². The number of ether oxygens (including phenoxy) is 1. The molecule has 0 fully saturated rings. The highest BCUT2D eigenvalue weighted by molar-refractivity contribution is 5.93. The van der Waals surface area contributed by atoms with E-state index in [0.717, 1.165) is 37.9 Å². The molecule has 2 aliphatic rings. The minimum Gasteiger partial charge on any atom is -0.504 e. The Bertz CT molecular complexity index is 880. The monoisotopic (exact) mass is 396 g/mol. The molecule has 3 rings (SSSR count). The van der Waals surface area contributed by atoms with Gasteiger partial charge in [0.15, 0.2) is 11.5 Å². The van der Waals surface area contributed by atoms with Crippen molar-refractivity contribution in [2.45, 2.75) is 71.6 Å². The molecule has 4 heteroatoms. The van der Waals surface area contributed by atoms with Gasteiger partial charge in [-0.25, -0.2) is 4.79 Å². The Labute approximate surface area is 173 Å². The number of hydrogen-bond acceptors (Lipinski definition) is 4. The molecule has 1 aliphatic heterocycles. The van der Waals surface area contributed by atoms with Crippen molar-refractivity contribution < 1.29 is 19.1 Å². The van der Waals surface area contributed by atoms with Crippen molar-refractivity contribution in [2.75, 3.05) is 0 Å². The number of aliphatic hydroxyl groups is 1. The van der Waals surface area contributed by atoms with Crippen molar-refractivity contribution in [3.63, 3.8) is 0 Å². The molecular weight excluding hydrogens is 364 g/mol. The van der Waals surface area contributed by atoms with Crippen LogP contribution in [0.5, 0.6) is 0 Å². The second kappa shape index (κ2) is 8.89. The quantitative estimate of drug-likeness (QED) is 0.425. The molecule has 1 aromatic heterocycles. The molecule has 0 aromatic carbocycles. The first-order valence-electron chi connectivity index (χ1n) is 10.6. The second-order valence-corrected chi connectivity index (χ2v) is 8.68. The van der Waals surface area contributed by atoms with Crippen molar-refractivity contribution in [3.8, 4) is 0 Å². The average molecular weight is 397 g/mol. The maximum atomic E-state index is 11.5. The van der Waals surface area contributed by atoms with Crippen molar-refractivity contribution >= 4 is 5.97 Å². The number of cyclic esters (lactones) is 1. The Kier molecular flexibility index (Phi) is 6.51. The summed E-state index contributed by atoms with van der Waals surface area (Å²) in [5.74, 6) is 1.16. The Morgan fingerprint density at radius 1 is 1.41 bits per heavy atom. The Hall–Kier alpha value is -2.49. The van der Waals surface area contributed by atoms with Crippen LogP contribution in [-0.4, -0.2) is 11.1 Å². The first-order chi connectivity index (χ1) is 13.8. The standard InChI is InChI=1S/C25H32O4/c1-17(8-5-9-18(2)16-21-22(26)19(3)24(27)29-21)10-6-13-25(4)14-7-11-20-12-15-28-23(20)25/h6,10,12-13,15-16,18,26H,5,7-9,11,14H2,1-4H3/b13-6+,17-10+,21-16-/t18?,25-/m1/s1. The summed E-state index contributed by atoms with van der Waals surface area (Å²) in [5, 5.41) is 9.91. The summed E-state index contributed by atoms with van der Waals surface area (Å²) >= 11 is 0. The van der Waals surface area contributed by atoms with Crippen molar-refractivity contribution in [1.82, 2.24) is 0 Å². The van der Waals surface area contributed by atoms with Gasteiger partial charge >= 0.3 is 5.97 Å². The third-order valence-electron chi connectivity index (χ3n) is 6.02. The van der Waals surface area contributed by atoms with Gasteiger partial charge in [-0.2, -0.15) is 0 Å². The molecule has 0 bridgehead atoms. The minimum absolute atomic E-state index is 0.0130. The molecule has 0 radical (unpaired) electrons. The lowest BCUT2D eigenvalue weighted by atomic mass is 9.75. The highest BCUT2D eigenvalue weighted by atomic mass is 16.6. The van der Waals surface area contributed by atoms with E-state index in [-0.39, 0.29) is 22.7 Å². The van der Waals surface area contributed by atoms with Crippen molar-refractivity contribution in [1.29, 1.82) is 0 Å². The summed E-state index contributed by atoms with van der Waals surface area (Å²) in [7, 11) is 0. The number of carbonyl (C=O) groups excluding carboxylic acids is 1. The van der Waals surface area contributed by atoms with Crippen LogP contribution in [0.4, 0.5) is 0 Å². The molecule has 29 heavy (non-hydrogen) atoms. The van der Waals surface area contributed by atoms with Gasteiger partial charge in [-0.15, -0.1) is 0 Å². The zero-order valence-corrected chi connectivity index (χ0v) is 18.0. The Morgan fingerprint density at radius 3 is 2.93 bits per heavy atom. The van der Waals surface area contributed by atoms with E-state index in [0.29, 0.717) is 5.76 Å².